The first-order valence-electron chi connectivity index (χ1n) is 9.40. The molecule has 1 heterocycles. The van der Waals surface area contributed by atoms with Gasteiger partial charge in [0.15, 0.2) is 0 Å². The van der Waals surface area contributed by atoms with Crippen molar-refractivity contribution in [3.8, 4) is 5.75 Å². The maximum atomic E-state index is 12.6. The van der Waals surface area contributed by atoms with Gasteiger partial charge in [-0.15, -0.1) is 0 Å². The Morgan fingerprint density at radius 2 is 1.64 bits per heavy atom. The highest BCUT2D eigenvalue weighted by Gasteiger charge is 2.28. The lowest BCUT2D eigenvalue weighted by Gasteiger charge is -2.34. The minimum absolute atomic E-state index is 0.00235. The van der Waals surface area contributed by atoms with Gasteiger partial charge in [-0.2, -0.15) is 4.31 Å². The average molecular weight is 403 g/mol. The Hall–Kier alpha value is -2.38. The number of benzene rings is 2. The summed E-state index contributed by atoms with van der Waals surface area (Å²) in [6, 6.07) is 16.9. The summed E-state index contributed by atoms with van der Waals surface area (Å²) in [7, 11) is -1.75. The van der Waals surface area contributed by atoms with Gasteiger partial charge in [-0.3, -0.25) is 4.79 Å². The van der Waals surface area contributed by atoms with Crippen molar-refractivity contribution in [3.05, 3.63) is 65.7 Å². The van der Waals surface area contributed by atoms with Gasteiger partial charge in [-0.1, -0.05) is 42.5 Å². The van der Waals surface area contributed by atoms with E-state index in [4.69, 9.17) is 4.74 Å². The Kier molecular flexibility index (Phi) is 6.70. The van der Waals surface area contributed by atoms with Gasteiger partial charge in [0.2, 0.25) is 15.9 Å². The van der Waals surface area contributed by atoms with Gasteiger partial charge >= 0.3 is 0 Å². The molecule has 6 nitrogen and oxygen atoms in total. The lowest BCUT2D eigenvalue weighted by molar-refractivity contribution is -0.132. The SMILES string of the molecule is COc1cccc(CCC(=O)N2CCN(S(=O)(=O)Cc3ccccc3)CC2)c1. The molecule has 1 fully saturated rings. The molecule has 0 spiro atoms. The quantitative estimate of drug-likeness (QED) is 0.713. The Balaban J connectivity index is 1.49. The number of carbonyl (C=O) groups is 1. The smallest absolute Gasteiger partial charge is 0.222 e. The number of ether oxygens (including phenoxy) is 1. The average Bonchev–Trinajstić information content (AvgIpc) is 2.72. The van der Waals surface area contributed by atoms with Gasteiger partial charge < -0.3 is 9.64 Å². The second-order valence-electron chi connectivity index (χ2n) is 6.87. The van der Waals surface area contributed by atoms with Crippen molar-refractivity contribution in [2.45, 2.75) is 18.6 Å². The number of sulfonamides is 1. The van der Waals surface area contributed by atoms with Crippen LogP contribution in [0, 0.1) is 0 Å². The van der Waals surface area contributed by atoms with E-state index < -0.39 is 10.0 Å². The van der Waals surface area contributed by atoms with Crippen LogP contribution >= 0.6 is 0 Å². The molecule has 7 heteroatoms. The largest absolute Gasteiger partial charge is 0.497 e. The van der Waals surface area contributed by atoms with Crippen molar-refractivity contribution >= 4 is 15.9 Å². The van der Waals surface area contributed by atoms with Crippen molar-refractivity contribution in [3.63, 3.8) is 0 Å². The van der Waals surface area contributed by atoms with Crippen LogP contribution in [0.2, 0.25) is 0 Å². The topological polar surface area (TPSA) is 66.9 Å². The van der Waals surface area contributed by atoms with Crippen molar-refractivity contribution in [2.75, 3.05) is 33.3 Å². The lowest BCUT2D eigenvalue weighted by atomic mass is 10.1. The van der Waals surface area contributed by atoms with E-state index in [1.54, 1.807) is 12.0 Å². The van der Waals surface area contributed by atoms with Crippen molar-refractivity contribution < 1.29 is 17.9 Å². The summed E-state index contributed by atoms with van der Waals surface area (Å²) < 4.78 is 31.9. The van der Waals surface area contributed by atoms with E-state index in [9.17, 15) is 13.2 Å². The summed E-state index contributed by atoms with van der Waals surface area (Å²) in [5.41, 5.74) is 1.83. The summed E-state index contributed by atoms with van der Waals surface area (Å²) in [6.07, 6.45) is 1.05. The Labute approximate surface area is 166 Å². The summed E-state index contributed by atoms with van der Waals surface area (Å²) in [4.78, 5) is 14.3. The fourth-order valence-corrected chi connectivity index (χ4v) is 4.85. The molecule has 0 aliphatic carbocycles. The lowest BCUT2D eigenvalue weighted by Crippen LogP contribution is -2.50. The van der Waals surface area contributed by atoms with E-state index in [1.165, 1.54) is 4.31 Å². The summed E-state index contributed by atoms with van der Waals surface area (Å²) in [6.45, 7) is 1.57. The molecule has 2 aromatic rings. The van der Waals surface area contributed by atoms with Crippen LogP contribution in [-0.4, -0.2) is 56.8 Å². The molecule has 0 bridgehead atoms. The predicted molar refractivity (Wildman–Crippen MR) is 109 cm³/mol. The molecule has 0 atom stereocenters. The van der Waals surface area contributed by atoms with Crippen LogP contribution in [-0.2, 0) is 27.0 Å². The highest BCUT2D eigenvalue weighted by molar-refractivity contribution is 7.88. The Morgan fingerprint density at radius 3 is 2.32 bits per heavy atom. The number of piperazine rings is 1. The minimum atomic E-state index is -3.37. The Morgan fingerprint density at radius 1 is 0.964 bits per heavy atom. The maximum Gasteiger partial charge on any atom is 0.222 e. The molecule has 2 aromatic carbocycles. The second-order valence-corrected chi connectivity index (χ2v) is 8.84. The van der Waals surface area contributed by atoms with Crippen LogP contribution in [0.1, 0.15) is 17.5 Å². The third kappa shape index (κ3) is 5.33. The molecule has 1 aliphatic heterocycles. The highest BCUT2D eigenvalue weighted by atomic mass is 32.2. The van der Waals surface area contributed by atoms with Crippen molar-refractivity contribution in [1.82, 2.24) is 9.21 Å². The molecule has 0 saturated carbocycles. The van der Waals surface area contributed by atoms with E-state index in [2.05, 4.69) is 0 Å². The number of carbonyl (C=O) groups excluding carboxylic acids is 1. The normalized spacial score (nSPS) is 15.4. The van der Waals surface area contributed by atoms with Crippen LogP contribution in [0.15, 0.2) is 54.6 Å². The van der Waals surface area contributed by atoms with Gasteiger partial charge in [0.1, 0.15) is 5.75 Å². The molecule has 1 amide bonds. The molecule has 0 radical (unpaired) electrons. The zero-order valence-corrected chi connectivity index (χ0v) is 16.9. The van der Waals surface area contributed by atoms with E-state index >= 15 is 0 Å². The Bertz CT molecular complexity index is 892. The van der Waals surface area contributed by atoms with Crippen LogP contribution < -0.4 is 4.74 Å². The molecule has 0 aromatic heterocycles. The maximum absolute atomic E-state index is 12.6. The third-order valence-electron chi connectivity index (χ3n) is 4.94. The number of nitrogens with zero attached hydrogens (tertiary/aromatic N) is 2. The first-order chi connectivity index (χ1) is 13.5. The number of hydrogen-bond acceptors (Lipinski definition) is 4. The second kappa shape index (κ2) is 9.21. The van der Waals surface area contributed by atoms with Gasteiger partial charge in [-0.05, 0) is 29.7 Å². The van der Waals surface area contributed by atoms with E-state index in [0.29, 0.717) is 39.0 Å². The monoisotopic (exact) mass is 402 g/mol. The van der Waals surface area contributed by atoms with Gasteiger partial charge in [0.05, 0.1) is 12.9 Å². The first-order valence-corrected chi connectivity index (χ1v) is 11.0. The molecule has 1 saturated heterocycles. The van der Waals surface area contributed by atoms with Crippen molar-refractivity contribution in [1.29, 1.82) is 0 Å². The molecule has 28 heavy (non-hydrogen) atoms. The molecule has 0 N–H and O–H groups in total. The minimum Gasteiger partial charge on any atom is -0.497 e. The van der Waals surface area contributed by atoms with Crippen LogP contribution in [0.5, 0.6) is 5.75 Å². The standard InChI is InChI=1S/C21H26N2O4S/c1-27-20-9-5-8-18(16-20)10-11-21(24)22-12-14-23(15-13-22)28(25,26)17-19-6-3-2-4-7-19/h2-9,16H,10-15,17H2,1H3. The molecular weight excluding hydrogens is 376 g/mol. The fraction of sp³-hybridized carbons (Fsp3) is 0.381. The summed E-state index contributed by atoms with van der Waals surface area (Å²) >= 11 is 0. The van der Waals surface area contributed by atoms with E-state index in [-0.39, 0.29) is 11.7 Å². The molecule has 150 valence electrons. The molecule has 1 aliphatic rings. The summed E-state index contributed by atoms with van der Waals surface area (Å²) in [5.74, 6) is 0.836. The number of rotatable bonds is 7. The van der Waals surface area contributed by atoms with Gasteiger partial charge in [0, 0.05) is 32.6 Å². The number of methoxy groups -OCH3 is 1. The van der Waals surface area contributed by atoms with Crippen LogP contribution in [0.3, 0.4) is 0 Å². The van der Waals surface area contributed by atoms with E-state index in [1.807, 2.05) is 54.6 Å². The molecular formula is C21H26N2O4S. The highest BCUT2D eigenvalue weighted by Crippen LogP contribution is 2.16. The predicted octanol–water partition coefficient (Wildman–Crippen LogP) is 2.30. The number of amides is 1. The zero-order chi connectivity index (χ0) is 20.0. The summed E-state index contributed by atoms with van der Waals surface area (Å²) in [5, 5.41) is 0. The van der Waals surface area contributed by atoms with Crippen molar-refractivity contribution in [2.24, 2.45) is 0 Å². The fourth-order valence-electron chi connectivity index (χ4n) is 3.33. The number of aryl methyl sites for hydroxylation is 1. The number of hydrogen-bond donors (Lipinski definition) is 0. The molecule has 3 rings (SSSR count). The van der Waals surface area contributed by atoms with Crippen LogP contribution in [0.4, 0.5) is 0 Å². The van der Waals surface area contributed by atoms with E-state index in [0.717, 1.165) is 16.9 Å². The first kappa shape index (κ1) is 20.4. The third-order valence-corrected chi connectivity index (χ3v) is 6.79. The van der Waals surface area contributed by atoms with Gasteiger partial charge in [-0.25, -0.2) is 8.42 Å². The van der Waals surface area contributed by atoms with Gasteiger partial charge in [0.25, 0.3) is 0 Å². The van der Waals surface area contributed by atoms with Crippen LogP contribution in [0.25, 0.3) is 0 Å². The zero-order valence-electron chi connectivity index (χ0n) is 16.1. The molecule has 0 unspecified atom stereocenters.